The molecule has 0 aliphatic carbocycles. The SMILES string of the molecule is C#CCC(CSc1cccc(Cl)c1)NCC. The molecule has 0 amide bonds. The molecular formula is C13H16ClNS. The lowest BCUT2D eigenvalue weighted by atomic mass is 10.2. The van der Waals surface area contributed by atoms with Crippen LogP contribution >= 0.6 is 23.4 Å². The number of hydrogen-bond acceptors (Lipinski definition) is 2. The van der Waals surface area contributed by atoms with Crippen LogP contribution in [0.25, 0.3) is 0 Å². The summed E-state index contributed by atoms with van der Waals surface area (Å²) in [4.78, 5) is 1.19. The van der Waals surface area contributed by atoms with Crippen molar-refractivity contribution in [3.8, 4) is 12.3 Å². The van der Waals surface area contributed by atoms with Gasteiger partial charge in [-0.25, -0.2) is 0 Å². The van der Waals surface area contributed by atoms with Gasteiger partial charge in [-0.05, 0) is 24.7 Å². The Balaban J connectivity index is 2.45. The highest BCUT2D eigenvalue weighted by atomic mass is 35.5. The van der Waals surface area contributed by atoms with E-state index < -0.39 is 0 Å². The lowest BCUT2D eigenvalue weighted by Crippen LogP contribution is -2.30. The van der Waals surface area contributed by atoms with Gasteiger partial charge in [0.05, 0.1) is 0 Å². The second-order valence-electron chi connectivity index (χ2n) is 3.43. The monoisotopic (exact) mass is 253 g/mol. The van der Waals surface area contributed by atoms with Gasteiger partial charge in [0.25, 0.3) is 0 Å². The van der Waals surface area contributed by atoms with E-state index in [1.807, 2.05) is 18.2 Å². The Morgan fingerprint density at radius 1 is 1.56 bits per heavy atom. The molecule has 0 aromatic heterocycles. The fourth-order valence-electron chi connectivity index (χ4n) is 1.37. The van der Waals surface area contributed by atoms with Gasteiger partial charge in [-0.1, -0.05) is 24.6 Å². The fourth-order valence-corrected chi connectivity index (χ4v) is 2.64. The molecule has 0 aliphatic heterocycles. The Morgan fingerprint density at radius 2 is 2.38 bits per heavy atom. The van der Waals surface area contributed by atoms with E-state index in [1.54, 1.807) is 11.8 Å². The van der Waals surface area contributed by atoms with Crippen LogP contribution in [0, 0.1) is 12.3 Å². The van der Waals surface area contributed by atoms with E-state index in [1.165, 1.54) is 4.90 Å². The van der Waals surface area contributed by atoms with Crippen LogP contribution in [0.3, 0.4) is 0 Å². The fraction of sp³-hybridized carbons (Fsp3) is 0.385. The molecule has 1 unspecified atom stereocenters. The molecule has 0 spiro atoms. The molecule has 1 aromatic rings. The van der Waals surface area contributed by atoms with E-state index >= 15 is 0 Å². The number of nitrogens with one attached hydrogen (secondary N) is 1. The van der Waals surface area contributed by atoms with Crippen molar-refractivity contribution in [1.82, 2.24) is 5.32 Å². The van der Waals surface area contributed by atoms with Crippen molar-refractivity contribution in [2.45, 2.75) is 24.3 Å². The molecule has 1 N–H and O–H groups in total. The summed E-state index contributed by atoms with van der Waals surface area (Å²) in [6.07, 6.45) is 6.10. The smallest absolute Gasteiger partial charge is 0.0417 e. The highest BCUT2D eigenvalue weighted by Gasteiger charge is 2.06. The van der Waals surface area contributed by atoms with Crippen LogP contribution in [-0.2, 0) is 0 Å². The molecule has 1 aromatic carbocycles. The molecular weight excluding hydrogens is 238 g/mol. The predicted octanol–water partition coefficient (Wildman–Crippen LogP) is 3.43. The average Bonchev–Trinajstić information content (AvgIpc) is 2.27. The van der Waals surface area contributed by atoms with Crippen LogP contribution in [-0.4, -0.2) is 18.3 Å². The standard InChI is InChI=1S/C13H16ClNS/c1-3-6-12(15-4-2)10-16-13-8-5-7-11(14)9-13/h1,5,7-9,12,15H,4,6,10H2,2H3. The van der Waals surface area contributed by atoms with Crippen molar-refractivity contribution in [2.24, 2.45) is 0 Å². The minimum atomic E-state index is 0.374. The van der Waals surface area contributed by atoms with Crippen LogP contribution in [0.15, 0.2) is 29.2 Å². The quantitative estimate of drug-likeness (QED) is 0.616. The Bertz CT molecular complexity index is 359. The van der Waals surface area contributed by atoms with Crippen LogP contribution in [0.2, 0.25) is 5.02 Å². The third-order valence-electron chi connectivity index (χ3n) is 2.10. The van der Waals surface area contributed by atoms with Gasteiger partial charge in [0.1, 0.15) is 0 Å². The molecule has 16 heavy (non-hydrogen) atoms. The Morgan fingerprint density at radius 3 is 3.00 bits per heavy atom. The largest absolute Gasteiger partial charge is 0.312 e. The molecule has 0 saturated heterocycles. The first kappa shape index (κ1) is 13.4. The van der Waals surface area contributed by atoms with Gasteiger partial charge < -0.3 is 5.32 Å². The van der Waals surface area contributed by atoms with E-state index in [2.05, 4.69) is 24.2 Å². The molecule has 0 saturated carbocycles. The summed E-state index contributed by atoms with van der Waals surface area (Å²) in [5.74, 6) is 3.67. The first-order valence-corrected chi connectivity index (χ1v) is 6.67. The summed E-state index contributed by atoms with van der Waals surface area (Å²) in [5.41, 5.74) is 0. The lowest BCUT2D eigenvalue weighted by molar-refractivity contribution is 0.588. The zero-order valence-electron chi connectivity index (χ0n) is 9.37. The summed E-state index contributed by atoms with van der Waals surface area (Å²) in [7, 11) is 0. The molecule has 0 bridgehead atoms. The van der Waals surface area contributed by atoms with E-state index in [0.29, 0.717) is 6.04 Å². The molecule has 0 radical (unpaired) electrons. The Labute approximate surface area is 107 Å². The third kappa shape index (κ3) is 4.94. The molecule has 3 heteroatoms. The van der Waals surface area contributed by atoms with Crippen LogP contribution in [0.1, 0.15) is 13.3 Å². The maximum atomic E-state index is 5.92. The number of rotatable bonds is 6. The van der Waals surface area contributed by atoms with Crippen molar-refractivity contribution < 1.29 is 0 Å². The van der Waals surface area contributed by atoms with Crippen molar-refractivity contribution in [2.75, 3.05) is 12.3 Å². The van der Waals surface area contributed by atoms with Crippen LogP contribution in [0.5, 0.6) is 0 Å². The first-order valence-electron chi connectivity index (χ1n) is 5.31. The summed E-state index contributed by atoms with van der Waals surface area (Å²) in [6.45, 7) is 3.04. The van der Waals surface area contributed by atoms with E-state index in [4.69, 9.17) is 18.0 Å². The number of hydrogen-bond donors (Lipinski definition) is 1. The second kappa shape index (κ2) is 7.62. The van der Waals surface area contributed by atoms with E-state index in [0.717, 1.165) is 23.7 Å². The van der Waals surface area contributed by atoms with Gasteiger partial charge in [0.15, 0.2) is 0 Å². The topological polar surface area (TPSA) is 12.0 Å². The van der Waals surface area contributed by atoms with Crippen LogP contribution in [0.4, 0.5) is 0 Å². The van der Waals surface area contributed by atoms with Crippen LogP contribution < -0.4 is 5.32 Å². The van der Waals surface area contributed by atoms with Gasteiger partial charge in [-0.3, -0.25) is 0 Å². The zero-order chi connectivity index (χ0) is 11.8. The molecule has 1 atom stereocenters. The minimum absolute atomic E-state index is 0.374. The number of thioether (sulfide) groups is 1. The normalized spacial score (nSPS) is 12.1. The molecule has 86 valence electrons. The van der Waals surface area contributed by atoms with Crippen molar-refractivity contribution in [3.05, 3.63) is 29.3 Å². The number of terminal acetylenes is 1. The van der Waals surface area contributed by atoms with Gasteiger partial charge in [-0.2, -0.15) is 0 Å². The summed E-state index contributed by atoms with van der Waals surface area (Å²) < 4.78 is 0. The average molecular weight is 254 g/mol. The molecule has 1 rings (SSSR count). The van der Waals surface area contributed by atoms with Crippen molar-refractivity contribution in [3.63, 3.8) is 0 Å². The van der Waals surface area contributed by atoms with Crippen molar-refractivity contribution in [1.29, 1.82) is 0 Å². The highest BCUT2D eigenvalue weighted by molar-refractivity contribution is 7.99. The molecule has 0 aliphatic rings. The van der Waals surface area contributed by atoms with E-state index in [-0.39, 0.29) is 0 Å². The minimum Gasteiger partial charge on any atom is -0.312 e. The first-order chi connectivity index (χ1) is 7.76. The third-order valence-corrected chi connectivity index (χ3v) is 3.50. The lowest BCUT2D eigenvalue weighted by Gasteiger charge is -2.14. The van der Waals surface area contributed by atoms with Gasteiger partial charge in [0.2, 0.25) is 0 Å². The zero-order valence-corrected chi connectivity index (χ0v) is 10.9. The summed E-state index contributed by atoms with van der Waals surface area (Å²) >= 11 is 7.70. The van der Waals surface area contributed by atoms with E-state index in [9.17, 15) is 0 Å². The Hall–Kier alpha value is -0.620. The second-order valence-corrected chi connectivity index (χ2v) is 4.96. The number of halogens is 1. The molecule has 1 nitrogen and oxygen atoms in total. The molecule has 0 fully saturated rings. The maximum Gasteiger partial charge on any atom is 0.0417 e. The predicted molar refractivity (Wildman–Crippen MR) is 73.1 cm³/mol. The van der Waals surface area contributed by atoms with Crippen molar-refractivity contribution >= 4 is 23.4 Å². The maximum absolute atomic E-state index is 5.92. The Kier molecular flexibility index (Phi) is 6.40. The van der Waals surface area contributed by atoms with Gasteiger partial charge in [0, 0.05) is 28.1 Å². The summed E-state index contributed by atoms with van der Waals surface area (Å²) in [6, 6.07) is 8.27. The van der Waals surface area contributed by atoms with Gasteiger partial charge in [-0.15, -0.1) is 24.1 Å². The summed E-state index contributed by atoms with van der Waals surface area (Å²) in [5, 5.41) is 4.15. The highest BCUT2D eigenvalue weighted by Crippen LogP contribution is 2.22. The number of benzene rings is 1. The molecule has 0 heterocycles. The van der Waals surface area contributed by atoms with Gasteiger partial charge >= 0.3 is 0 Å².